The molecule has 1 N–H and O–H groups in total. The van der Waals surface area contributed by atoms with Crippen molar-refractivity contribution in [2.24, 2.45) is 5.92 Å². The number of benzene rings is 1. The first-order chi connectivity index (χ1) is 11.6. The monoisotopic (exact) mass is 328 g/mol. The zero-order valence-corrected chi connectivity index (χ0v) is 14.1. The highest BCUT2D eigenvalue weighted by Crippen LogP contribution is 2.42. The summed E-state index contributed by atoms with van der Waals surface area (Å²) in [7, 11) is 0. The third-order valence-electron chi connectivity index (χ3n) is 5.91. The second-order valence-corrected chi connectivity index (χ2v) is 7.54. The summed E-state index contributed by atoms with van der Waals surface area (Å²) < 4.78 is 4.98. The van der Waals surface area contributed by atoms with Crippen LogP contribution in [0.4, 0.5) is 4.79 Å². The van der Waals surface area contributed by atoms with Crippen molar-refractivity contribution in [2.75, 3.05) is 19.7 Å². The molecule has 0 bridgehead atoms. The molecule has 3 fully saturated rings. The fourth-order valence-corrected chi connectivity index (χ4v) is 4.48. The fraction of sp³-hybridized carbons (Fsp3) is 0.579. The van der Waals surface area contributed by atoms with Gasteiger partial charge in [-0.15, -0.1) is 0 Å². The van der Waals surface area contributed by atoms with E-state index in [0.29, 0.717) is 12.5 Å². The fourth-order valence-electron chi connectivity index (χ4n) is 4.48. The minimum atomic E-state index is -0.347. The smallest absolute Gasteiger partial charge is 0.407 e. The molecule has 128 valence electrons. The highest BCUT2D eigenvalue weighted by Gasteiger charge is 2.53. The molecule has 3 aliphatic rings. The van der Waals surface area contributed by atoms with Gasteiger partial charge in [0, 0.05) is 19.0 Å². The topological polar surface area (TPSA) is 58.6 Å². The van der Waals surface area contributed by atoms with Crippen molar-refractivity contribution in [3.8, 4) is 0 Å². The molecule has 4 rings (SSSR count). The summed E-state index contributed by atoms with van der Waals surface area (Å²) in [6.07, 6.45) is 3.16. The molecule has 1 aromatic carbocycles. The molecule has 0 atom stereocenters. The third-order valence-corrected chi connectivity index (χ3v) is 5.91. The first-order valence-corrected chi connectivity index (χ1v) is 8.86. The Balaban J connectivity index is 1.31. The maximum absolute atomic E-state index is 12.7. The minimum absolute atomic E-state index is 0.0435. The zero-order chi connectivity index (χ0) is 16.7. The standard InChI is InChI=1S/C19H24N2O3/c1-13-4-2-3-5-16(13)14-6-8-21(9-7-14)17(22)15-10-19(11-15)12-24-18(23)20-19/h2-5,14-15H,6-12H2,1H3,(H,20,23)/t15-,19+. The van der Waals surface area contributed by atoms with E-state index >= 15 is 0 Å². The molecule has 1 aliphatic carbocycles. The molecule has 0 aromatic heterocycles. The van der Waals surface area contributed by atoms with Crippen LogP contribution < -0.4 is 5.32 Å². The van der Waals surface area contributed by atoms with Gasteiger partial charge in [-0.05, 0) is 49.7 Å². The zero-order valence-electron chi connectivity index (χ0n) is 14.1. The quantitative estimate of drug-likeness (QED) is 0.908. The Morgan fingerprint density at radius 2 is 1.96 bits per heavy atom. The van der Waals surface area contributed by atoms with E-state index in [1.54, 1.807) is 0 Å². The maximum atomic E-state index is 12.7. The first kappa shape index (κ1) is 15.5. The molecule has 1 aromatic rings. The number of piperidine rings is 1. The molecule has 5 nitrogen and oxygen atoms in total. The van der Waals surface area contributed by atoms with Gasteiger partial charge < -0.3 is 15.0 Å². The lowest BCUT2D eigenvalue weighted by atomic mass is 9.68. The number of hydrogen-bond acceptors (Lipinski definition) is 3. The van der Waals surface area contributed by atoms with Crippen LogP contribution >= 0.6 is 0 Å². The van der Waals surface area contributed by atoms with Crippen LogP contribution in [0.25, 0.3) is 0 Å². The van der Waals surface area contributed by atoms with Crippen LogP contribution in [0.5, 0.6) is 0 Å². The van der Waals surface area contributed by atoms with Crippen LogP contribution in [-0.4, -0.2) is 42.1 Å². The molecule has 5 heteroatoms. The van der Waals surface area contributed by atoms with Crippen molar-refractivity contribution in [1.82, 2.24) is 10.2 Å². The lowest BCUT2D eigenvalue weighted by molar-refractivity contribution is -0.142. The van der Waals surface area contributed by atoms with Crippen LogP contribution in [0.2, 0.25) is 0 Å². The van der Waals surface area contributed by atoms with E-state index in [0.717, 1.165) is 38.8 Å². The van der Waals surface area contributed by atoms with Gasteiger partial charge in [-0.3, -0.25) is 4.79 Å². The summed E-state index contributed by atoms with van der Waals surface area (Å²) >= 11 is 0. The molecule has 1 spiro atoms. The number of carbonyl (C=O) groups excluding carboxylic acids is 2. The Morgan fingerprint density at radius 1 is 1.25 bits per heavy atom. The number of aryl methyl sites for hydroxylation is 1. The van der Waals surface area contributed by atoms with Crippen molar-refractivity contribution >= 4 is 12.0 Å². The second kappa shape index (κ2) is 5.80. The van der Waals surface area contributed by atoms with Gasteiger partial charge in [-0.2, -0.15) is 0 Å². The molecule has 2 heterocycles. The van der Waals surface area contributed by atoms with E-state index in [4.69, 9.17) is 4.74 Å². The molecule has 1 saturated carbocycles. The number of cyclic esters (lactones) is 1. The van der Waals surface area contributed by atoms with Gasteiger partial charge in [0.15, 0.2) is 0 Å². The van der Waals surface area contributed by atoms with Gasteiger partial charge >= 0.3 is 6.09 Å². The molecule has 0 radical (unpaired) electrons. The highest BCUT2D eigenvalue weighted by molar-refractivity contribution is 5.81. The maximum Gasteiger partial charge on any atom is 0.407 e. The molecule has 2 saturated heterocycles. The van der Waals surface area contributed by atoms with Crippen LogP contribution in [0.3, 0.4) is 0 Å². The van der Waals surface area contributed by atoms with Gasteiger partial charge in [0.1, 0.15) is 6.61 Å². The van der Waals surface area contributed by atoms with E-state index in [2.05, 4.69) is 36.5 Å². The van der Waals surface area contributed by atoms with Gasteiger partial charge in [0.2, 0.25) is 5.91 Å². The molecular formula is C19H24N2O3. The van der Waals surface area contributed by atoms with Crippen molar-refractivity contribution < 1.29 is 14.3 Å². The van der Waals surface area contributed by atoms with E-state index in [-0.39, 0.29) is 23.5 Å². The van der Waals surface area contributed by atoms with Gasteiger partial charge in [0.05, 0.1) is 5.54 Å². The average molecular weight is 328 g/mol. The number of ether oxygens (including phenoxy) is 1. The lowest BCUT2D eigenvalue weighted by Gasteiger charge is -2.45. The number of amides is 2. The summed E-state index contributed by atoms with van der Waals surface area (Å²) in [4.78, 5) is 25.9. The van der Waals surface area contributed by atoms with Crippen molar-refractivity contribution in [3.05, 3.63) is 35.4 Å². The van der Waals surface area contributed by atoms with E-state index in [1.165, 1.54) is 11.1 Å². The van der Waals surface area contributed by atoms with E-state index < -0.39 is 0 Å². The van der Waals surface area contributed by atoms with Gasteiger partial charge in [0.25, 0.3) is 0 Å². The SMILES string of the molecule is Cc1ccccc1C1CCN(C(=O)[C@H]2C[C@]3(COC(=O)N3)C2)CC1. The Labute approximate surface area is 142 Å². The Kier molecular flexibility index (Phi) is 3.74. The molecule has 2 aliphatic heterocycles. The molecule has 0 unspecified atom stereocenters. The van der Waals surface area contributed by atoms with Crippen molar-refractivity contribution in [2.45, 2.75) is 44.1 Å². The number of hydrogen-bond donors (Lipinski definition) is 1. The third kappa shape index (κ3) is 2.66. The molecule has 2 amide bonds. The number of rotatable bonds is 2. The summed E-state index contributed by atoms with van der Waals surface area (Å²) in [5.41, 5.74) is 2.51. The number of nitrogens with zero attached hydrogens (tertiary/aromatic N) is 1. The van der Waals surface area contributed by atoms with Crippen LogP contribution in [0.1, 0.15) is 42.7 Å². The van der Waals surface area contributed by atoms with Gasteiger partial charge in [-0.1, -0.05) is 24.3 Å². The number of likely N-dealkylation sites (tertiary alicyclic amines) is 1. The molecule has 24 heavy (non-hydrogen) atoms. The van der Waals surface area contributed by atoms with Crippen LogP contribution in [-0.2, 0) is 9.53 Å². The highest BCUT2D eigenvalue weighted by atomic mass is 16.6. The van der Waals surface area contributed by atoms with E-state index in [9.17, 15) is 9.59 Å². The predicted molar refractivity (Wildman–Crippen MR) is 89.7 cm³/mol. The Morgan fingerprint density at radius 3 is 2.58 bits per heavy atom. The normalized spacial score (nSPS) is 30.0. The Hall–Kier alpha value is -2.04. The Bertz CT molecular complexity index is 658. The van der Waals surface area contributed by atoms with Gasteiger partial charge in [-0.25, -0.2) is 4.79 Å². The number of carbonyl (C=O) groups is 2. The summed E-state index contributed by atoms with van der Waals surface area (Å²) in [6, 6.07) is 8.57. The lowest BCUT2D eigenvalue weighted by Crippen LogP contribution is -2.58. The minimum Gasteiger partial charge on any atom is -0.447 e. The summed E-state index contributed by atoms with van der Waals surface area (Å²) in [6.45, 7) is 4.25. The number of nitrogens with one attached hydrogen (secondary N) is 1. The molecular weight excluding hydrogens is 304 g/mol. The predicted octanol–water partition coefficient (Wildman–Crippen LogP) is 2.59. The second-order valence-electron chi connectivity index (χ2n) is 7.54. The van der Waals surface area contributed by atoms with E-state index in [1.807, 2.05) is 4.90 Å². The van der Waals surface area contributed by atoms with Crippen LogP contribution in [0, 0.1) is 12.8 Å². The largest absolute Gasteiger partial charge is 0.447 e. The summed E-state index contributed by atoms with van der Waals surface area (Å²) in [5, 5.41) is 2.86. The van der Waals surface area contributed by atoms with Crippen molar-refractivity contribution in [1.29, 1.82) is 0 Å². The summed E-state index contributed by atoms with van der Waals surface area (Å²) in [5.74, 6) is 0.859. The number of alkyl carbamates (subject to hydrolysis) is 1. The van der Waals surface area contributed by atoms with Crippen molar-refractivity contribution in [3.63, 3.8) is 0 Å². The van der Waals surface area contributed by atoms with Crippen LogP contribution in [0.15, 0.2) is 24.3 Å². The average Bonchev–Trinajstić information content (AvgIpc) is 2.96. The first-order valence-electron chi connectivity index (χ1n) is 8.86.